The van der Waals surface area contributed by atoms with Crippen LogP contribution >= 0.6 is 0 Å². The van der Waals surface area contributed by atoms with Crippen LogP contribution in [-0.2, 0) is 16.9 Å². The molecule has 0 N–H and O–H groups in total. The van der Waals surface area contributed by atoms with E-state index >= 15 is 0 Å². The van der Waals surface area contributed by atoms with Gasteiger partial charge in [-0.15, -0.1) is 0 Å². The number of amidine groups is 1. The lowest BCUT2D eigenvalue weighted by Crippen LogP contribution is -2.31. The number of aryl methyl sites for hydroxylation is 1. The lowest BCUT2D eigenvalue weighted by molar-refractivity contribution is 0.566. The molecule has 2 aliphatic heterocycles. The second-order valence-electron chi connectivity index (χ2n) is 6.45. The van der Waals surface area contributed by atoms with Crippen molar-refractivity contribution in [2.24, 2.45) is 12.0 Å². The Labute approximate surface area is 144 Å². The Hall–Kier alpha value is -1.89. The van der Waals surface area contributed by atoms with Crippen molar-refractivity contribution < 1.29 is 8.42 Å². The minimum Gasteiger partial charge on any atom is -0.322 e. The van der Waals surface area contributed by atoms with Gasteiger partial charge in [-0.1, -0.05) is 13.5 Å². The SMILES string of the molecule is C.CC1=CC(C)=C(c2nn(C)c(S(C)(=O)=O)c2C)N2CC(C)N=C12. The van der Waals surface area contributed by atoms with Gasteiger partial charge in [-0.05, 0) is 38.8 Å². The van der Waals surface area contributed by atoms with E-state index in [-0.39, 0.29) is 18.5 Å². The Bertz CT molecular complexity index is 888. The van der Waals surface area contributed by atoms with Gasteiger partial charge in [0.25, 0.3) is 0 Å². The van der Waals surface area contributed by atoms with Gasteiger partial charge in [0, 0.05) is 25.4 Å². The fourth-order valence-electron chi connectivity index (χ4n) is 3.52. The molecule has 0 radical (unpaired) electrons. The summed E-state index contributed by atoms with van der Waals surface area (Å²) in [5, 5.41) is 4.78. The first-order valence-corrected chi connectivity index (χ1v) is 9.49. The summed E-state index contributed by atoms with van der Waals surface area (Å²) in [6, 6.07) is 0.215. The van der Waals surface area contributed by atoms with Crippen LogP contribution in [0.3, 0.4) is 0 Å². The van der Waals surface area contributed by atoms with Gasteiger partial charge in [0.1, 0.15) is 11.5 Å². The summed E-state index contributed by atoms with van der Waals surface area (Å²) >= 11 is 0. The third kappa shape index (κ3) is 2.70. The summed E-state index contributed by atoms with van der Waals surface area (Å²) < 4.78 is 25.6. The van der Waals surface area contributed by atoms with Crippen molar-refractivity contribution >= 4 is 21.4 Å². The first-order chi connectivity index (χ1) is 10.6. The first kappa shape index (κ1) is 18.4. The molecule has 3 rings (SSSR count). The molecule has 1 aromatic heterocycles. The van der Waals surface area contributed by atoms with E-state index in [0.717, 1.165) is 34.9 Å². The molecule has 7 heteroatoms. The van der Waals surface area contributed by atoms with Crippen LogP contribution in [0, 0.1) is 6.92 Å². The van der Waals surface area contributed by atoms with E-state index in [9.17, 15) is 8.42 Å². The van der Waals surface area contributed by atoms with E-state index in [4.69, 9.17) is 4.99 Å². The Morgan fingerprint density at radius 2 is 1.88 bits per heavy atom. The Morgan fingerprint density at radius 1 is 1.25 bits per heavy atom. The zero-order chi connectivity index (χ0) is 17.1. The minimum absolute atomic E-state index is 0. The fraction of sp³-hybridized carbons (Fsp3) is 0.529. The van der Waals surface area contributed by atoms with Gasteiger partial charge < -0.3 is 4.90 Å². The molecular formula is C17H26N4O2S. The minimum atomic E-state index is -3.33. The second kappa shape index (κ2) is 5.88. The summed E-state index contributed by atoms with van der Waals surface area (Å²) in [6.07, 6.45) is 3.31. The standard InChI is InChI=1S/C16H22N4O2S.CH4/c1-9-7-10(2)15-17-11(3)8-20(15)14(9)13-12(4)16(19(5)18-13)23(6,21)22;/h7,11H,8H2,1-6H3;1H4. The molecule has 0 fully saturated rings. The van der Waals surface area contributed by atoms with Crippen molar-refractivity contribution in [2.75, 3.05) is 12.8 Å². The Morgan fingerprint density at radius 3 is 2.42 bits per heavy atom. The van der Waals surface area contributed by atoms with Crippen LogP contribution < -0.4 is 0 Å². The summed E-state index contributed by atoms with van der Waals surface area (Å²) in [6.45, 7) is 8.78. The smallest absolute Gasteiger partial charge is 0.192 e. The van der Waals surface area contributed by atoms with E-state index in [1.165, 1.54) is 10.9 Å². The molecule has 0 saturated carbocycles. The maximum Gasteiger partial charge on any atom is 0.192 e. The molecule has 0 saturated heterocycles. The van der Waals surface area contributed by atoms with E-state index in [2.05, 4.69) is 29.9 Å². The molecule has 0 aromatic carbocycles. The highest BCUT2D eigenvalue weighted by Gasteiger charge is 2.34. The number of allylic oxidation sites excluding steroid dienone is 2. The van der Waals surface area contributed by atoms with Crippen LogP contribution in [0.15, 0.2) is 27.2 Å². The van der Waals surface area contributed by atoms with Gasteiger partial charge in [0.2, 0.25) is 0 Å². The summed E-state index contributed by atoms with van der Waals surface area (Å²) in [7, 11) is -1.65. The summed E-state index contributed by atoms with van der Waals surface area (Å²) in [5.41, 5.74) is 4.58. The third-order valence-electron chi connectivity index (χ3n) is 4.27. The fourth-order valence-corrected chi connectivity index (χ4v) is 4.70. The number of sulfone groups is 1. The Balaban J connectivity index is 0.00000208. The van der Waals surface area contributed by atoms with Crippen LogP contribution in [0.4, 0.5) is 0 Å². The molecular weight excluding hydrogens is 324 g/mol. The lowest BCUT2D eigenvalue weighted by atomic mass is 10.0. The summed E-state index contributed by atoms with van der Waals surface area (Å²) in [5.74, 6) is 0.962. The van der Waals surface area contributed by atoms with Crippen molar-refractivity contribution in [2.45, 2.75) is 46.2 Å². The van der Waals surface area contributed by atoms with E-state index < -0.39 is 9.84 Å². The number of aromatic nitrogens is 2. The quantitative estimate of drug-likeness (QED) is 0.822. The van der Waals surface area contributed by atoms with Crippen molar-refractivity contribution in [3.8, 4) is 0 Å². The molecule has 0 aliphatic carbocycles. The van der Waals surface area contributed by atoms with Gasteiger partial charge >= 0.3 is 0 Å². The summed E-state index contributed by atoms with van der Waals surface area (Å²) in [4.78, 5) is 6.86. The molecule has 1 unspecified atom stereocenters. The molecule has 0 amide bonds. The molecule has 0 spiro atoms. The van der Waals surface area contributed by atoms with Crippen molar-refractivity contribution in [3.63, 3.8) is 0 Å². The number of fused-ring (bicyclic) bond motifs is 1. The third-order valence-corrected chi connectivity index (χ3v) is 5.54. The normalized spacial score (nSPS) is 20.6. The van der Waals surface area contributed by atoms with Crippen LogP contribution in [0.25, 0.3) is 5.70 Å². The molecule has 0 bridgehead atoms. The molecule has 1 atom stereocenters. The predicted octanol–water partition coefficient (Wildman–Crippen LogP) is 2.56. The Kier molecular flexibility index (Phi) is 4.52. The largest absolute Gasteiger partial charge is 0.322 e. The lowest BCUT2D eigenvalue weighted by Gasteiger charge is -2.29. The van der Waals surface area contributed by atoms with Gasteiger partial charge in [-0.3, -0.25) is 9.67 Å². The van der Waals surface area contributed by atoms with Crippen LogP contribution in [0.1, 0.15) is 39.5 Å². The number of nitrogens with zero attached hydrogens (tertiary/aromatic N) is 4. The van der Waals surface area contributed by atoms with Crippen LogP contribution in [0.2, 0.25) is 0 Å². The predicted molar refractivity (Wildman–Crippen MR) is 97.7 cm³/mol. The molecule has 1 aromatic rings. The molecule has 3 heterocycles. The van der Waals surface area contributed by atoms with Crippen molar-refractivity contribution in [1.29, 1.82) is 0 Å². The van der Waals surface area contributed by atoms with Crippen LogP contribution in [0.5, 0.6) is 0 Å². The zero-order valence-electron chi connectivity index (χ0n) is 14.4. The topological polar surface area (TPSA) is 67.6 Å². The first-order valence-electron chi connectivity index (χ1n) is 7.60. The number of hydrogen-bond acceptors (Lipinski definition) is 5. The second-order valence-corrected chi connectivity index (χ2v) is 8.38. The van der Waals surface area contributed by atoms with E-state index in [0.29, 0.717) is 5.56 Å². The van der Waals surface area contributed by atoms with E-state index in [1.807, 2.05) is 13.8 Å². The maximum atomic E-state index is 12.1. The number of aliphatic imine (C=N–C) groups is 1. The van der Waals surface area contributed by atoms with Gasteiger partial charge in [0.05, 0.1) is 11.7 Å². The van der Waals surface area contributed by atoms with Gasteiger partial charge in [0.15, 0.2) is 14.9 Å². The van der Waals surface area contributed by atoms with Gasteiger partial charge in [-0.25, -0.2) is 8.42 Å². The highest BCUT2D eigenvalue weighted by molar-refractivity contribution is 7.90. The van der Waals surface area contributed by atoms with Crippen molar-refractivity contribution in [3.05, 3.63) is 28.5 Å². The van der Waals surface area contributed by atoms with Gasteiger partial charge in [-0.2, -0.15) is 5.10 Å². The highest BCUT2D eigenvalue weighted by Crippen LogP contribution is 2.35. The average Bonchev–Trinajstić information content (AvgIpc) is 2.90. The molecule has 24 heavy (non-hydrogen) atoms. The van der Waals surface area contributed by atoms with Crippen LogP contribution in [-0.4, -0.2) is 47.8 Å². The maximum absolute atomic E-state index is 12.1. The number of hydrogen-bond donors (Lipinski definition) is 0. The average molecular weight is 350 g/mol. The number of rotatable bonds is 2. The van der Waals surface area contributed by atoms with Crippen molar-refractivity contribution in [1.82, 2.24) is 14.7 Å². The molecule has 6 nitrogen and oxygen atoms in total. The van der Waals surface area contributed by atoms with E-state index in [1.54, 1.807) is 7.05 Å². The highest BCUT2D eigenvalue weighted by atomic mass is 32.2. The zero-order valence-corrected chi connectivity index (χ0v) is 15.2. The monoisotopic (exact) mass is 350 g/mol. The molecule has 2 aliphatic rings. The molecule has 132 valence electrons.